The average molecular weight is 465 g/mol. The van der Waals surface area contributed by atoms with E-state index < -0.39 is 0 Å². The summed E-state index contributed by atoms with van der Waals surface area (Å²) in [5, 5.41) is 11.1. The summed E-state index contributed by atoms with van der Waals surface area (Å²) < 4.78 is 10.6. The zero-order chi connectivity index (χ0) is 12.1. The summed E-state index contributed by atoms with van der Waals surface area (Å²) in [6.07, 6.45) is 3.39. The molecule has 1 aromatic carbocycles. The van der Waals surface area contributed by atoms with Gasteiger partial charge in [-0.05, 0) is 11.6 Å². The van der Waals surface area contributed by atoms with Crippen LogP contribution < -0.4 is 5.11 Å². The number of hydrogen-bond acceptors (Lipinski definition) is 3. The Morgan fingerprint density at radius 1 is 1.21 bits per heavy atom. The quantitative estimate of drug-likeness (QED) is 0.506. The Morgan fingerprint density at radius 3 is 2.53 bits per heavy atom. The molecule has 0 fully saturated rings. The van der Waals surface area contributed by atoms with Crippen LogP contribution in [0.3, 0.4) is 0 Å². The molecule has 1 aliphatic carbocycles. The maximum Gasteiger partial charge on any atom is 1.00 e. The zero-order valence-electron chi connectivity index (χ0n) is 10.6. The third-order valence-electron chi connectivity index (χ3n) is 2.31. The topological polar surface area (TPSA) is 41.5 Å². The molecule has 0 heterocycles. The summed E-state index contributed by atoms with van der Waals surface area (Å²) >= 11 is 0. The van der Waals surface area contributed by atoms with Gasteiger partial charge in [-0.15, -0.1) is 18.1 Å². The van der Waals surface area contributed by atoms with Crippen molar-refractivity contribution in [1.82, 2.24) is 0 Å². The molecular weight excluding hydrogens is 452 g/mol. The molecule has 0 aliphatic heterocycles. The standard InChI is InChI=1S/C14H13O3.ClH.Hg/c1-16-14-9-12(15)7-8-13(14)17-10-11-5-3-2-4-6-11;;/h2-6,8-9,15H,10H2,1H3;1H;/q;;+1/p-1. The Balaban J connectivity index is 0.00000162. The molecule has 0 spiro atoms. The Kier molecular flexibility index (Phi) is 8.86. The smallest absolute Gasteiger partial charge is 0.867 e. The van der Waals surface area contributed by atoms with Crippen LogP contribution >= 0.6 is 12.4 Å². The molecule has 0 saturated carbocycles. The Labute approximate surface area is 139 Å². The first-order chi connectivity index (χ1) is 8.29. The Morgan fingerprint density at radius 2 is 1.89 bits per heavy atom. The van der Waals surface area contributed by atoms with Crippen LogP contribution in [0.5, 0.6) is 0 Å². The predicted octanol–water partition coefficient (Wildman–Crippen LogP) is 2.10. The second-order valence-electron chi connectivity index (χ2n) is 3.50. The molecule has 1 aliphatic rings. The Hall–Kier alpha value is -0.735. The zero-order valence-corrected chi connectivity index (χ0v) is 16.9. The molecule has 5 heteroatoms. The van der Waals surface area contributed by atoms with Crippen LogP contribution in [0.2, 0.25) is 0 Å². The molecule has 0 atom stereocenters. The molecule has 0 bridgehead atoms. The van der Waals surface area contributed by atoms with E-state index in [1.807, 2.05) is 30.3 Å². The molecule has 0 saturated heterocycles. The molecule has 0 unspecified atom stereocenters. The van der Waals surface area contributed by atoms with Crippen molar-refractivity contribution in [3.05, 3.63) is 71.4 Å². The maximum absolute atomic E-state index is 11.1. The monoisotopic (exact) mass is 466 g/mol. The normalized spacial score (nSPS) is 13.7. The average Bonchev–Trinajstić information content (AvgIpc) is 2.38. The molecule has 3 nitrogen and oxygen atoms in total. The van der Waals surface area contributed by atoms with Gasteiger partial charge in [0.15, 0.2) is 6.10 Å². The minimum absolute atomic E-state index is 0. The molecule has 1 aromatic rings. The van der Waals surface area contributed by atoms with Crippen LogP contribution in [0, 0.1) is 6.10 Å². The van der Waals surface area contributed by atoms with Gasteiger partial charge in [-0.2, -0.15) is 0 Å². The molecule has 19 heavy (non-hydrogen) atoms. The van der Waals surface area contributed by atoms with Crippen molar-refractivity contribution in [1.29, 1.82) is 0 Å². The number of halogens is 1. The van der Waals surface area contributed by atoms with E-state index in [1.54, 1.807) is 0 Å². The first kappa shape index (κ1) is 18.3. The summed E-state index contributed by atoms with van der Waals surface area (Å²) in [6, 6.07) is 9.78. The van der Waals surface area contributed by atoms with Crippen molar-refractivity contribution >= 4 is 12.4 Å². The molecular formula is C14H13ClHgO3. The fourth-order valence-electron chi connectivity index (χ4n) is 1.45. The van der Waals surface area contributed by atoms with Gasteiger partial charge in [-0.1, -0.05) is 36.1 Å². The number of rotatable bonds is 4. The van der Waals surface area contributed by atoms with Gasteiger partial charge in [0.25, 0.3) is 0 Å². The fraction of sp³-hybridized carbons (Fsp3) is 0.143. The van der Waals surface area contributed by atoms with Crippen LogP contribution in [0.15, 0.2) is 59.7 Å². The minimum Gasteiger partial charge on any atom is -0.867 e. The summed E-state index contributed by atoms with van der Waals surface area (Å²) in [5.41, 5.74) is 3.61. The van der Waals surface area contributed by atoms with Crippen molar-refractivity contribution in [3.8, 4) is 0 Å². The van der Waals surface area contributed by atoms with Crippen molar-refractivity contribution < 1.29 is 42.2 Å². The molecule has 0 amide bonds. The second kappa shape index (κ2) is 9.21. The van der Waals surface area contributed by atoms with Crippen molar-refractivity contribution in [2.75, 3.05) is 7.11 Å². The van der Waals surface area contributed by atoms with Gasteiger partial charge in [-0.25, -0.2) is 0 Å². The second-order valence-corrected chi connectivity index (χ2v) is 3.50. The summed E-state index contributed by atoms with van der Waals surface area (Å²) in [4.78, 5) is 0. The van der Waals surface area contributed by atoms with E-state index in [1.165, 1.54) is 19.3 Å². The van der Waals surface area contributed by atoms with Crippen LogP contribution in [0.4, 0.5) is 0 Å². The minimum atomic E-state index is -0.214. The van der Waals surface area contributed by atoms with Crippen molar-refractivity contribution in [2.24, 2.45) is 0 Å². The molecule has 2 rings (SSSR count). The van der Waals surface area contributed by atoms with Crippen LogP contribution in [-0.2, 0) is 43.7 Å². The predicted molar refractivity (Wildman–Crippen MR) is 68.4 cm³/mol. The van der Waals surface area contributed by atoms with E-state index in [0.717, 1.165) is 5.56 Å². The van der Waals surface area contributed by atoms with Gasteiger partial charge in [0.1, 0.15) is 5.76 Å². The summed E-state index contributed by atoms with van der Waals surface area (Å²) in [6.45, 7) is 0.434. The first-order valence-corrected chi connectivity index (χ1v) is 5.23. The van der Waals surface area contributed by atoms with E-state index in [2.05, 4.69) is 5.73 Å². The number of ether oxygens (including phenoxy) is 2. The van der Waals surface area contributed by atoms with Crippen LogP contribution in [-0.4, -0.2) is 7.11 Å². The third kappa shape index (κ3) is 5.41. The van der Waals surface area contributed by atoms with Gasteiger partial charge in [0, 0.05) is 6.08 Å². The number of benzene rings is 1. The third-order valence-corrected chi connectivity index (χ3v) is 2.31. The summed E-state index contributed by atoms with van der Waals surface area (Å²) in [5.74, 6) is 0.221. The van der Waals surface area contributed by atoms with Gasteiger partial charge < -0.3 is 14.6 Å². The van der Waals surface area contributed by atoms with Gasteiger partial charge in [0.05, 0.1) is 13.7 Å². The number of methoxy groups -OCH3 is 1. The SMILES string of the molecule is COC1=CC([O-])=C=C[C]1OCc1ccccc1.Cl.[Hg+]. The van der Waals surface area contributed by atoms with Crippen LogP contribution in [0.1, 0.15) is 5.56 Å². The van der Waals surface area contributed by atoms with E-state index in [0.29, 0.717) is 18.5 Å². The van der Waals surface area contributed by atoms with E-state index in [-0.39, 0.29) is 45.8 Å². The van der Waals surface area contributed by atoms with E-state index in [9.17, 15) is 5.11 Å². The van der Waals surface area contributed by atoms with Crippen molar-refractivity contribution in [2.45, 2.75) is 6.61 Å². The summed E-state index contributed by atoms with van der Waals surface area (Å²) in [7, 11) is 1.50. The van der Waals surface area contributed by atoms with Gasteiger partial charge in [0.2, 0.25) is 0 Å². The first-order valence-electron chi connectivity index (χ1n) is 5.23. The molecule has 96 valence electrons. The van der Waals surface area contributed by atoms with Gasteiger partial charge in [-0.3, -0.25) is 0 Å². The molecule has 0 N–H and O–H groups in total. The van der Waals surface area contributed by atoms with Crippen LogP contribution in [0.25, 0.3) is 0 Å². The van der Waals surface area contributed by atoms with E-state index in [4.69, 9.17) is 9.47 Å². The molecule has 0 aromatic heterocycles. The fourth-order valence-corrected chi connectivity index (χ4v) is 1.45. The van der Waals surface area contributed by atoms with E-state index >= 15 is 0 Å². The maximum atomic E-state index is 11.1. The largest absolute Gasteiger partial charge is 1.00 e. The van der Waals surface area contributed by atoms with Crippen molar-refractivity contribution in [3.63, 3.8) is 0 Å². The number of hydrogen-bond donors (Lipinski definition) is 0. The van der Waals surface area contributed by atoms with Gasteiger partial charge >= 0.3 is 27.7 Å². The Bertz CT molecular complexity index is 479. The molecule has 2 radical (unpaired) electrons.